The predicted octanol–water partition coefficient (Wildman–Crippen LogP) is 5.86. The van der Waals surface area contributed by atoms with Gasteiger partial charge in [0.1, 0.15) is 12.4 Å². The van der Waals surface area contributed by atoms with Crippen molar-refractivity contribution in [2.75, 3.05) is 20.1 Å². The third kappa shape index (κ3) is 8.79. The summed E-state index contributed by atoms with van der Waals surface area (Å²) in [5.41, 5.74) is 3.11. The Balaban J connectivity index is 1.62. The number of ketones is 1. The van der Waals surface area contributed by atoms with Gasteiger partial charge >= 0.3 is 6.18 Å². The Morgan fingerprint density at radius 3 is 2.20 bits per heavy atom. The number of carbonyl (C=O) groups is 2. The minimum atomic E-state index is -4.49. The molecule has 3 rings (SSSR count). The van der Waals surface area contributed by atoms with E-state index in [4.69, 9.17) is 0 Å². The van der Waals surface area contributed by atoms with Crippen LogP contribution in [0.25, 0.3) is 23.9 Å². The smallest absolute Gasteiger partial charge is 0.380 e. The van der Waals surface area contributed by atoms with Crippen LogP contribution in [0.2, 0.25) is 0 Å². The fourth-order valence-corrected chi connectivity index (χ4v) is 4.52. The topological polar surface area (TPSA) is 49.4 Å². The molecule has 3 aromatic carbocycles. The average Bonchev–Trinajstić information content (AvgIpc) is 2.91. The van der Waals surface area contributed by atoms with E-state index in [1.165, 1.54) is 12.1 Å². The van der Waals surface area contributed by atoms with Crippen LogP contribution in [0.4, 0.5) is 17.6 Å². The van der Waals surface area contributed by atoms with Crippen molar-refractivity contribution in [3.63, 3.8) is 0 Å². The van der Waals surface area contributed by atoms with Crippen LogP contribution in [0.3, 0.4) is 0 Å². The largest absolute Gasteiger partial charge is 0.405 e. The van der Waals surface area contributed by atoms with Gasteiger partial charge in [0.25, 0.3) is 5.91 Å². The molecule has 4 nitrogen and oxygen atoms in total. The fraction of sp³-hybridized carbons (Fsp3) is 0.312. The van der Waals surface area contributed by atoms with Crippen LogP contribution in [0, 0.1) is 18.7 Å². The van der Waals surface area contributed by atoms with Gasteiger partial charge < -0.3 is 10.2 Å². The van der Waals surface area contributed by atoms with E-state index in [1.807, 2.05) is 35.6 Å². The highest BCUT2D eigenvalue weighted by Crippen LogP contribution is 2.22. The van der Waals surface area contributed by atoms with Crippen LogP contribution in [0.15, 0.2) is 60.7 Å². The number of hydrogen-bond acceptors (Lipinski definition) is 3. The molecule has 0 fully saturated rings. The molecule has 8 heteroatoms. The summed E-state index contributed by atoms with van der Waals surface area (Å²) in [4.78, 5) is 27.1. The Hall–Kier alpha value is -3.94. The highest BCUT2D eigenvalue weighted by molar-refractivity contribution is 5.96. The van der Waals surface area contributed by atoms with Gasteiger partial charge in [-0.25, -0.2) is 4.39 Å². The molecule has 0 bridgehead atoms. The van der Waals surface area contributed by atoms with E-state index in [-0.39, 0.29) is 23.1 Å². The van der Waals surface area contributed by atoms with Crippen LogP contribution < -0.4 is 15.8 Å². The minimum Gasteiger partial charge on any atom is -0.380 e. The fourth-order valence-electron chi connectivity index (χ4n) is 4.52. The number of rotatable bonds is 11. The maximum absolute atomic E-state index is 13.2. The van der Waals surface area contributed by atoms with E-state index in [0.29, 0.717) is 41.0 Å². The number of halogens is 4. The summed E-state index contributed by atoms with van der Waals surface area (Å²) in [6.45, 7) is 6.98. The van der Waals surface area contributed by atoms with Crippen LogP contribution >= 0.6 is 0 Å². The molecule has 40 heavy (non-hydrogen) atoms. The Labute approximate surface area is 232 Å². The van der Waals surface area contributed by atoms with E-state index in [9.17, 15) is 27.2 Å². The molecule has 0 saturated carbocycles. The molecular weight excluding hydrogens is 520 g/mol. The van der Waals surface area contributed by atoms with Crippen LogP contribution in [0.5, 0.6) is 0 Å². The normalized spacial score (nSPS) is 12.7. The zero-order chi connectivity index (χ0) is 29.4. The first-order valence-corrected chi connectivity index (χ1v) is 13.1. The van der Waals surface area contributed by atoms with Crippen molar-refractivity contribution in [2.24, 2.45) is 5.92 Å². The van der Waals surface area contributed by atoms with Gasteiger partial charge in [-0.2, -0.15) is 13.2 Å². The molecule has 0 aliphatic carbocycles. The molecule has 0 heterocycles. The lowest BCUT2D eigenvalue weighted by atomic mass is 9.95. The highest BCUT2D eigenvalue weighted by Gasteiger charge is 2.28. The molecule has 0 aliphatic heterocycles. The molecule has 212 valence electrons. The SMILES string of the molecule is C=c1cc(C)c(C(=O)NCC(F)(F)F)c/c1=C/N(C)CC(CC)CCC(=O)c1ccc(-c2ccc(F)cc2)cc1. The number of Topliss-reactive ketones (excluding diaryl/α,β-unsaturated/α-hetero) is 1. The Bertz CT molecular complexity index is 1430. The lowest BCUT2D eigenvalue weighted by Gasteiger charge is -2.22. The summed E-state index contributed by atoms with van der Waals surface area (Å²) >= 11 is 0. The van der Waals surface area contributed by atoms with Crippen molar-refractivity contribution >= 4 is 24.5 Å². The molecule has 0 spiro atoms. The zero-order valence-electron chi connectivity index (χ0n) is 22.9. The first-order chi connectivity index (χ1) is 18.9. The standard InChI is InChI=1S/C32H34F4N2O2/c1-5-23(6-15-30(39)26-9-7-24(8-10-26)25-11-13-28(33)14-12-25)18-38(4)19-27-17-29(22(3)16-21(27)2)31(40)37-20-32(34,35)36/h7-14,16-17,19,23H,2,5-6,15,18,20H2,1,3-4H3,(H,37,40)/b27-19-. The molecule has 1 N–H and O–H groups in total. The highest BCUT2D eigenvalue weighted by atomic mass is 19.4. The van der Waals surface area contributed by atoms with E-state index in [1.54, 1.807) is 43.3 Å². The first-order valence-electron chi connectivity index (χ1n) is 13.1. The van der Waals surface area contributed by atoms with E-state index in [2.05, 4.69) is 13.5 Å². The second kappa shape index (κ2) is 13.4. The number of aryl methyl sites for hydroxylation is 1. The van der Waals surface area contributed by atoms with E-state index >= 15 is 0 Å². The maximum Gasteiger partial charge on any atom is 0.405 e. The average molecular weight is 555 g/mol. The molecule has 0 saturated heterocycles. The lowest BCUT2D eigenvalue weighted by Crippen LogP contribution is -2.36. The minimum absolute atomic E-state index is 0.0452. The summed E-state index contributed by atoms with van der Waals surface area (Å²) in [5, 5.41) is 3.21. The molecule has 1 unspecified atom stereocenters. The van der Waals surface area contributed by atoms with Crippen LogP contribution in [-0.2, 0) is 0 Å². The molecule has 0 aliphatic rings. The first kappa shape index (κ1) is 30.6. The number of benzene rings is 3. The molecule has 3 aromatic rings. The summed E-state index contributed by atoms with van der Waals surface area (Å²) in [5.74, 6) is -0.824. The zero-order valence-corrected chi connectivity index (χ0v) is 22.9. The Kier molecular flexibility index (Phi) is 10.3. The molecule has 1 atom stereocenters. The quantitative estimate of drug-likeness (QED) is 0.239. The third-order valence-electron chi connectivity index (χ3n) is 6.83. The molecule has 1 amide bonds. The van der Waals surface area contributed by atoms with Gasteiger partial charge in [-0.15, -0.1) is 0 Å². The van der Waals surface area contributed by atoms with E-state index < -0.39 is 18.6 Å². The van der Waals surface area contributed by atoms with Crippen molar-refractivity contribution < 1.29 is 27.2 Å². The van der Waals surface area contributed by atoms with Gasteiger partial charge in [0.05, 0.1) is 0 Å². The van der Waals surface area contributed by atoms with Crippen LogP contribution in [0.1, 0.15) is 52.5 Å². The number of amides is 1. The maximum atomic E-state index is 13.2. The number of hydrogen-bond donors (Lipinski definition) is 1. The number of nitrogens with one attached hydrogen (secondary N) is 1. The van der Waals surface area contributed by atoms with Crippen molar-refractivity contribution in [1.29, 1.82) is 0 Å². The summed E-state index contributed by atoms with van der Waals surface area (Å²) in [7, 11) is 1.88. The van der Waals surface area contributed by atoms with Crippen molar-refractivity contribution in [3.8, 4) is 11.1 Å². The second-order valence-corrected chi connectivity index (χ2v) is 10.1. The monoisotopic (exact) mass is 554 g/mol. The number of nitrogens with zero attached hydrogens (tertiary/aromatic N) is 1. The van der Waals surface area contributed by atoms with Crippen molar-refractivity contribution in [3.05, 3.63) is 93.6 Å². The van der Waals surface area contributed by atoms with Gasteiger partial charge in [-0.1, -0.05) is 62.4 Å². The van der Waals surface area contributed by atoms with Gasteiger partial charge in [0.2, 0.25) is 0 Å². The van der Waals surface area contributed by atoms with Crippen molar-refractivity contribution in [1.82, 2.24) is 10.2 Å². The molecular formula is C32H34F4N2O2. The van der Waals surface area contributed by atoms with Gasteiger partial charge in [-0.3, -0.25) is 9.59 Å². The Morgan fingerprint density at radius 2 is 1.62 bits per heavy atom. The van der Waals surface area contributed by atoms with Gasteiger partial charge in [0.15, 0.2) is 5.78 Å². The lowest BCUT2D eigenvalue weighted by molar-refractivity contribution is -0.123. The van der Waals surface area contributed by atoms with Gasteiger partial charge in [-0.05, 0) is 64.6 Å². The summed E-state index contributed by atoms with van der Waals surface area (Å²) < 4.78 is 50.8. The second-order valence-electron chi connectivity index (χ2n) is 10.1. The Morgan fingerprint density at radius 1 is 1.02 bits per heavy atom. The van der Waals surface area contributed by atoms with Crippen molar-refractivity contribution in [2.45, 2.75) is 39.3 Å². The number of carbonyl (C=O) groups excluding carboxylic acids is 2. The summed E-state index contributed by atoms with van der Waals surface area (Å²) in [6.07, 6.45) is -0.749. The third-order valence-corrected chi connectivity index (χ3v) is 6.83. The number of alkyl halides is 3. The van der Waals surface area contributed by atoms with E-state index in [0.717, 1.165) is 17.5 Å². The summed E-state index contributed by atoms with van der Waals surface area (Å²) in [6, 6.07) is 16.7. The molecule has 0 radical (unpaired) electrons. The van der Waals surface area contributed by atoms with Gasteiger partial charge in [0, 0.05) is 37.3 Å². The molecule has 0 aromatic heterocycles. The van der Waals surface area contributed by atoms with Crippen LogP contribution in [-0.4, -0.2) is 42.9 Å². The predicted molar refractivity (Wildman–Crippen MR) is 151 cm³/mol.